The molecule has 0 aliphatic rings. The van der Waals surface area contributed by atoms with Crippen molar-refractivity contribution in [3.8, 4) is 0 Å². The molecule has 0 N–H and O–H groups in total. The lowest BCUT2D eigenvalue weighted by atomic mass is 10.1. The summed E-state index contributed by atoms with van der Waals surface area (Å²) in [5, 5.41) is 0. The largest absolute Gasteiger partial charge is 0.653 e. The van der Waals surface area contributed by atoms with E-state index >= 15 is 0 Å². The van der Waals surface area contributed by atoms with Crippen molar-refractivity contribution in [2.45, 2.75) is 285 Å². The van der Waals surface area contributed by atoms with Gasteiger partial charge in [0.05, 0.1) is 0 Å². The highest BCUT2D eigenvalue weighted by molar-refractivity contribution is 7.50. The third-order valence-electron chi connectivity index (χ3n) is 10.8. The van der Waals surface area contributed by atoms with Gasteiger partial charge < -0.3 is 13.6 Å². The minimum atomic E-state index is -4.65. The van der Waals surface area contributed by atoms with Crippen molar-refractivity contribution in [2.24, 2.45) is 0 Å². The van der Waals surface area contributed by atoms with Crippen molar-refractivity contribution in [1.29, 1.82) is 0 Å². The van der Waals surface area contributed by atoms with Crippen molar-refractivity contribution in [3.05, 3.63) is 36.5 Å². The van der Waals surface area contributed by atoms with Crippen molar-refractivity contribution in [3.63, 3.8) is 0 Å². The maximum atomic E-state index is 13.0. The average Bonchev–Trinajstić information content (AvgIpc) is 3.24. The van der Waals surface area contributed by atoms with Crippen LogP contribution < -0.4 is 0 Å². The number of phosphoric acid groups is 1. The molecule has 61 heavy (non-hydrogen) atoms. The zero-order valence-electron chi connectivity index (χ0n) is 40.8. The Balaban J connectivity index is 0. The predicted molar refractivity (Wildman–Crippen MR) is 262 cm³/mol. The van der Waals surface area contributed by atoms with Crippen molar-refractivity contribution < 1.29 is 32.5 Å². The summed E-state index contributed by atoms with van der Waals surface area (Å²) in [6.45, 7) is 10.5. The lowest BCUT2D eigenvalue weighted by molar-refractivity contribution is -0.144. The fourth-order valence-corrected chi connectivity index (χ4v) is 8.04. The number of hydrogen-bond acceptors (Lipinski definition) is 7. The van der Waals surface area contributed by atoms with Crippen LogP contribution in [0.3, 0.4) is 0 Å². The summed E-state index contributed by atoms with van der Waals surface area (Å²) in [6, 6.07) is 0. The van der Waals surface area contributed by atoms with Crippen LogP contribution in [0, 0.1) is 0 Å². The molecule has 0 fully saturated rings. The maximum Gasteiger partial charge on any atom is 0.653 e. The second kappa shape index (κ2) is 50.5. The standard InChI is InChI=1S/C39H71O7P.C14H28/c1-4-7-9-11-13-15-17-19-21-23-25-27-29-31-33-35-38(41)45-47(43,44-37(40)6-3)46-39(42)36-34-32-30-28-26-24-22-20-18-16-14-12-10-8-5-2;1-3-5-7-9-11-13-14-12-10-8-6-4-2/h19-22H,4-18,23-36H2,1-3H3;9,11H,3-8,10,12-14H2,1-2H3/b21-19-,22-20-;11-9-. The van der Waals surface area contributed by atoms with Gasteiger partial charge >= 0.3 is 25.7 Å². The lowest BCUT2D eigenvalue weighted by Crippen LogP contribution is -2.13. The SMILES string of the molecule is CCCC/C=C\CCCCCCCC.CCCCCCCC/C=C\CCCCCCCC(=O)OP(=O)(OC(=O)CC)OC(=O)CCCCCCC/C=C\CCCCCCCC. The molecule has 0 aliphatic heterocycles. The molecule has 0 unspecified atom stereocenters. The number of allylic oxidation sites excluding steroid dienone is 6. The molecule has 0 saturated heterocycles. The zero-order chi connectivity index (χ0) is 45.2. The van der Waals surface area contributed by atoms with E-state index in [-0.39, 0.29) is 19.3 Å². The van der Waals surface area contributed by atoms with Crippen molar-refractivity contribution >= 4 is 25.7 Å². The van der Waals surface area contributed by atoms with Crippen LogP contribution in [-0.2, 0) is 32.5 Å². The van der Waals surface area contributed by atoms with Gasteiger partial charge in [0.25, 0.3) is 0 Å². The third kappa shape index (κ3) is 50.4. The van der Waals surface area contributed by atoms with Crippen LogP contribution >= 0.6 is 7.82 Å². The van der Waals surface area contributed by atoms with Crippen molar-refractivity contribution in [2.75, 3.05) is 0 Å². The average molecular weight is 879 g/mol. The van der Waals surface area contributed by atoms with Gasteiger partial charge in [-0.2, -0.15) is 4.57 Å². The quantitative estimate of drug-likeness (QED) is 0.0342. The third-order valence-corrected chi connectivity index (χ3v) is 12.1. The van der Waals surface area contributed by atoms with Crippen LogP contribution in [0.1, 0.15) is 285 Å². The summed E-state index contributed by atoms with van der Waals surface area (Å²) in [5.41, 5.74) is 0. The maximum absolute atomic E-state index is 13.0. The number of carbonyl (C=O) groups is 3. The smallest absolute Gasteiger partial charge is 0.352 e. The molecule has 7 nitrogen and oxygen atoms in total. The summed E-state index contributed by atoms with van der Waals surface area (Å²) in [4.78, 5) is 36.5. The van der Waals surface area contributed by atoms with Crippen LogP contribution in [0.25, 0.3) is 0 Å². The van der Waals surface area contributed by atoms with Gasteiger partial charge in [0.1, 0.15) is 0 Å². The Morgan fingerprint density at radius 3 is 0.820 bits per heavy atom. The summed E-state index contributed by atoms with van der Waals surface area (Å²) in [5.74, 6) is -2.43. The van der Waals surface area contributed by atoms with E-state index < -0.39 is 25.7 Å². The molecule has 0 radical (unpaired) electrons. The van der Waals surface area contributed by atoms with Crippen LogP contribution in [0.15, 0.2) is 36.5 Å². The lowest BCUT2D eigenvalue weighted by Gasteiger charge is -2.16. The van der Waals surface area contributed by atoms with Gasteiger partial charge in [0.15, 0.2) is 0 Å². The molecule has 0 aliphatic carbocycles. The molecule has 0 bridgehead atoms. The monoisotopic (exact) mass is 879 g/mol. The van der Waals surface area contributed by atoms with E-state index in [1.165, 1.54) is 161 Å². The number of phosphoric ester groups is 1. The summed E-state index contributed by atoms with van der Waals surface area (Å²) >= 11 is 0. The van der Waals surface area contributed by atoms with E-state index in [1.54, 1.807) is 0 Å². The van der Waals surface area contributed by atoms with E-state index in [4.69, 9.17) is 13.6 Å². The summed E-state index contributed by atoms with van der Waals surface area (Å²) in [7, 11) is -4.65. The Kier molecular flexibility index (Phi) is 50.5. The Hall–Kier alpha value is -2.14. The first-order valence-corrected chi connectivity index (χ1v) is 27.5. The van der Waals surface area contributed by atoms with E-state index in [9.17, 15) is 18.9 Å². The Morgan fingerprint density at radius 1 is 0.311 bits per heavy atom. The molecule has 0 aromatic carbocycles. The van der Waals surface area contributed by atoms with Gasteiger partial charge in [0, 0.05) is 19.3 Å². The Bertz CT molecular complexity index is 1040. The molecule has 0 heterocycles. The molecular weight excluding hydrogens is 780 g/mol. The van der Waals surface area contributed by atoms with Crippen LogP contribution in [0.2, 0.25) is 0 Å². The Labute approximate surface area is 378 Å². The minimum Gasteiger partial charge on any atom is -0.352 e. The van der Waals surface area contributed by atoms with Gasteiger partial charge in [0.2, 0.25) is 0 Å². The van der Waals surface area contributed by atoms with E-state index in [1.807, 2.05) is 0 Å². The number of rotatable bonds is 44. The zero-order valence-corrected chi connectivity index (χ0v) is 41.7. The first-order chi connectivity index (χ1) is 29.8. The molecule has 0 aromatic rings. The van der Waals surface area contributed by atoms with Crippen molar-refractivity contribution in [1.82, 2.24) is 0 Å². The first kappa shape index (κ1) is 60.9. The second-order valence-electron chi connectivity index (χ2n) is 17.0. The molecule has 0 spiro atoms. The normalized spacial score (nSPS) is 11.7. The fourth-order valence-electron chi connectivity index (χ4n) is 6.87. The van der Waals surface area contributed by atoms with Gasteiger partial charge in [-0.3, -0.25) is 14.4 Å². The molecular formula is C53H99O7P. The van der Waals surface area contributed by atoms with E-state index in [0.29, 0.717) is 12.8 Å². The van der Waals surface area contributed by atoms with Crippen LogP contribution in [0.5, 0.6) is 0 Å². The van der Waals surface area contributed by atoms with E-state index in [2.05, 4.69) is 64.2 Å². The highest BCUT2D eigenvalue weighted by Crippen LogP contribution is 2.50. The molecule has 0 amide bonds. The second-order valence-corrected chi connectivity index (χ2v) is 18.5. The fraction of sp³-hybridized carbons (Fsp3) is 0.830. The highest BCUT2D eigenvalue weighted by Gasteiger charge is 2.38. The first-order valence-electron chi connectivity index (χ1n) is 26.0. The number of hydrogen-bond donors (Lipinski definition) is 0. The van der Waals surface area contributed by atoms with Gasteiger partial charge in [-0.05, 0) is 83.5 Å². The highest BCUT2D eigenvalue weighted by atomic mass is 31.2. The molecule has 0 aromatic heterocycles. The summed E-state index contributed by atoms with van der Waals surface area (Å²) in [6.07, 6.45) is 57.1. The molecule has 0 atom stereocenters. The molecule has 0 saturated carbocycles. The molecule has 8 heteroatoms. The predicted octanol–water partition coefficient (Wildman–Crippen LogP) is 18.7. The van der Waals surface area contributed by atoms with Gasteiger partial charge in [-0.25, -0.2) is 0 Å². The van der Waals surface area contributed by atoms with Crippen LogP contribution in [-0.4, -0.2) is 17.9 Å². The molecule has 0 rings (SSSR count). The Morgan fingerprint density at radius 2 is 0.541 bits per heavy atom. The summed E-state index contributed by atoms with van der Waals surface area (Å²) < 4.78 is 27.7. The van der Waals surface area contributed by atoms with E-state index in [0.717, 1.165) is 64.2 Å². The number of carbonyl (C=O) groups excluding carboxylic acids is 3. The topological polar surface area (TPSA) is 96.0 Å². The van der Waals surface area contributed by atoms with Crippen LogP contribution in [0.4, 0.5) is 0 Å². The van der Waals surface area contributed by atoms with Gasteiger partial charge in [-0.1, -0.05) is 219 Å². The van der Waals surface area contributed by atoms with Gasteiger partial charge in [-0.15, -0.1) is 0 Å². The molecule has 358 valence electrons. The minimum absolute atomic E-state index is 0.0254. The number of unbranched alkanes of at least 4 members (excludes halogenated alkanes) is 30.